The molecule has 1 atom stereocenters. The number of para-hydroxylation sites is 1. The monoisotopic (exact) mass is 443 g/mol. The molecule has 1 heterocycles. The lowest BCUT2D eigenvalue weighted by Crippen LogP contribution is -2.46. The number of amides is 4. The summed E-state index contributed by atoms with van der Waals surface area (Å²) in [6.45, 7) is 5.11. The van der Waals surface area contributed by atoms with E-state index in [2.05, 4.69) is 21.2 Å². The van der Waals surface area contributed by atoms with E-state index in [0.29, 0.717) is 10.0 Å². The second-order valence-corrected chi connectivity index (χ2v) is 7.97. The maximum absolute atomic E-state index is 13.1. The number of rotatable bonds is 5. The van der Waals surface area contributed by atoms with Crippen molar-refractivity contribution in [2.45, 2.75) is 32.4 Å². The summed E-state index contributed by atoms with van der Waals surface area (Å²) in [6.07, 6.45) is 0. The molecule has 0 spiro atoms. The Morgan fingerprint density at radius 2 is 1.71 bits per heavy atom. The summed E-state index contributed by atoms with van der Waals surface area (Å²) in [4.78, 5) is 41.2. The molecule has 1 N–H and O–H groups in total. The second-order valence-electron chi connectivity index (χ2n) is 7.12. The number of imide groups is 1. The van der Waals surface area contributed by atoms with Gasteiger partial charge >= 0.3 is 6.03 Å². The number of urea groups is 1. The van der Waals surface area contributed by atoms with Crippen LogP contribution in [0.3, 0.4) is 0 Å². The maximum Gasteiger partial charge on any atom is 0.325 e. The van der Waals surface area contributed by atoms with Crippen molar-refractivity contribution in [3.05, 3.63) is 64.6 Å². The lowest BCUT2D eigenvalue weighted by Gasteiger charge is -2.28. The number of hydrogen-bond acceptors (Lipinski definition) is 3. The largest absolute Gasteiger partial charge is 0.325 e. The van der Waals surface area contributed by atoms with Gasteiger partial charge in [-0.15, -0.1) is 0 Å². The second kappa shape index (κ2) is 7.75. The van der Waals surface area contributed by atoms with E-state index in [1.165, 1.54) is 0 Å². The zero-order valence-electron chi connectivity index (χ0n) is 16.0. The molecule has 146 valence electrons. The summed E-state index contributed by atoms with van der Waals surface area (Å²) in [5, 5.41) is 2.74. The van der Waals surface area contributed by atoms with Crippen LogP contribution in [0.15, 0.2) is 59.1 Å². The van der Waals surface area contributed by atoms with Crippen molar-refractivity contribution >= 4 is 39.5 Å². The summed E-state index contributed by atoms with van der Waals surface area (Å²) in [5.41, 5.74) is 0.141. The molecule has 1 aliphatic heterocycles. The third kappa shape index (κ3) is 3.54. The quantitative estimate of drug-likeness (QED) is 0.716. The Labute approximate surface area is 172 Å². The Kier molecular flexibility index (Phi) is 5.56. The first kappa shape index (κ1) is 20.1. The van der Waals surface area contributed by atoms with E-state index in [9.17, 15) is 14.4 Å². The first-order valence-corrected chi connectivity index (χ1v) is 9.81. The van der Waals surface area contributed by atoms with Crippen LogP contribution < -0.4 is 10.2 Å². The average molecular weight is 444 g/mol. The van der Waals surface area contributed by atoms with Crippen LogP contribution in [0.4, 0.5) is 10.5 Å². The summed E-state index contributed by atoms with van der Waals surface area (Å²) in [6, 6.07) is 15.7. The molecule has 0 bridgehead atoms. The molecule has 2 aromatic rings. The lowest BCUT2D eigenvalue weighted by molar-refractivity contribution is -0.134. The fourth-order valence-corrected chi connectivity index (χ4v) is 4.10. The van der Waals surface area contributed by atoms with Crippen LogP contribution in [0.5, 0.6) is 0 Å². The van der Waals surface area contributed by atoms with Crippen molar-refractivity contribution in [1.29, 1.82) is 0 Å². The van der Waals surface area contributed by atoms with E-state index < -0.39 is 17.5 Å². The van der Waals surface area contributed by atoms with Gasteiger partial charge in [0.25, 0.3) is 5.91 Å². The Balaban J connectivity index is 1.86. The maximum atomic E-state index is 13.1. The van der Waals surface area contributed by atoms with Crippen LogP contribution >= 0.6 is 15.9 Å². The zero-order valence-corrected chi connectivity index (χ0v) is 17.6. The van der Waals surface area contributed by atoms with E-state index in [-0.39, 0.29) is 18.5 Å². The highest BCUT2D eigenvalue weighted by molar-refractivity contribution is 9.10. The molecule has 3 rings (SSSR count). The van der Waals surface area contributed by atoms with Crippen molar-refractivity contribution in [3.8, 4) is 0 Å². The number of carbonyl (C=O) groups is 3. The number of hydrogen-bond donors (Lipinski definition) is 1. The van der Waals surface area contributed by atoms with E-state index in [1.807, 2.05) is 56.3 Å². The number of nitrogens with zero attached hydrogens (tertiary/aromatic N) is 2. The van der Waals surface area contributed by atoms with Gasteiger partial charge in [0, 0.05) is 21.8 Å². The summed E-state index contributed by atoms with van der Waals surface area (Å²) >= 11 is 3.44. The van der Waals surface area contributed by atoms with Crippen LogP contribution in [-0.4, -0.2) is 35.3 Å². The summed E-state index contributed by atoms with van der Waals surface area (Å²) in [7, 11) is 0. The van der Waals surface area contributed by atoms with E-state index in [4.69, 9.17) is 0 Å². The third-order valence-corrected chi connectivity index (χ3v) is 5.49. The summed E-state index contributed by atoms with van der Waals surface area (Å²) in [5.74, 6) is -0.768. The molecule has 0 aromatic heterocycles. The molecule has 6 nitrogen and oxygen atoms in total. The Bertz CT molecular complexity index is 916. The van der Waals surface area contributed by atoms with Gasteiger partial charge < -0.3 is 10.2 Å². The van der Waals surface area contributed by atoms with Crippen molar-refractivity contribution in [1.82, 2.24) is 10.2 Å². The first-order valence-electron chi connectivity index (χ1n) is 9.02. The zero-order chi connectivity index (χ0) is 20.5. The van der Waals surface area contributed by atoms with E-state index >= 15 is 0 Å². The molecule has 1 aliphatic rings. The predicted molar refractivity (Wildman–Crippen MR) is 111 cm³/mol. The van der Waals surface area contributed by atoms with E-state index in [0.717, 1.165) is 10.6 Å². The molecule has 1 saturated heterocycles. The molecule has 0 saturated carbocycles. The minimum absolute atomic E-state index is 0.120. The van der Waals surface area contributed by atoms with Gasteiger partial charge in [0.2, 0.25) is 5.91 Å². The van der Waals surface area contributed by atoms with Gasteiger partial charge in [-0.25, -0.2) is 4.79 Å². The molecule has 1 fully saturated rings. The Hall–Kier alpha value is -2.67. The first-order chi connectivity index (χ1) is 13.3. The van der Waals surface area contributed by atoms with Gasteiger partial charge in [0.15, 0.2) is 0 Å². The highest BCUT2D eigenvalue weighted by Crippen LogP contribution is 2.33. The normalized spacial score (nSPS) is 19.1. The average Bonchev–Trinajstić information content (AvgIpc) is 2.86. The minimum atomic E-state index is -1.23. The molecule has 28 heavy (non-hydrogen) atoms. The topological polar surface area (TPSA) is 69.7 Å². The predicted octanol–water partition coefficient (Wildman–Crippen LogP) is 3.66. The lowest BCUT2D eigenvalue weighted by atomic mass is 9.92. The minimum Gasteiger partial charge on any atom is -0.319 e. The highest BCUT2D eigenvalue weighted by Gasteiger charge is 2.50. The van der Waals surface area contributed by atoms with E-state index in [1.54, 1.807) is 24.0 Å². The van der Waals surface area contributed by atoms with Crippen LogP contribution in [-0.2, 0) is 15.1 Å². The Morgan fingerprint density at radius 3 is 2.32 bits per heavy atom. The molecule has 4 amide bonds. The number of carbonyl (C=O) groups excluding carboxylic acids is 3. The molecule has 0 aliphatic carbocycles. The number of anilines is 1. The third-order valence-electron chi connectivity index (χ3n) is 4.80. The standard InChI is InChI=1S/C21H22BrN3O3/c1-14(2)25(15-9-5-4-6-10-15)18(26)13-24-19(27)21(3,23-20(24)28)16-11-7-8-12-17(16)22/h4-12,14H,13H2,1-3H3,(H,23,28)/t21-/m0/s1. The highest BCUT2D eigenvalue weighted by atomic mass is 79.9. The molecule has 7 heteroatoms. The van der Waals surface area contributed by atoms with Gasteiger partial charge in [-0.2, -0.15) is 0 Å². The fourth-order valence-electron chi connectivity index (χ4n) is 3.42. The smallest absolute Gasteiger partial charge is 0.319 e. The van der Waals surface area contributed by atoms with Gasteiger partial charge in [0.1, 0.15) is 12.1 Å². The van der Waals surface area contributed by atoms with Crippen LogP contribution in [0.2, 0.25) is 0 Å². The van der Waals surface area contributed by atoms with Crippen molar-refractivity contribution in [2.24, 2.45) is 0 Å². The van der Waals surface area contributed by atoms with Crippen molar-refractivity contribution in [2.75, 3.05) is 11.4 Å². The van der Waals surface area contributed by atoms with Crippen molar-refractivity contribution in [3.63, 3.8) is 0 Å². The van der Waals surface area contributed by atoms with Crippen LogP contribution in [0, 0.1) is 0 Å². The van der Waals surface area contributed by atoms with Crippen molar-refractivity contribution < 1.29 is 14.4 Å². The molecular weight excluding hydrogens is 422 g/mol. The van der Waals surface area contributed by atoms with Gasteiger partial charge in [-0.1, -0.05) is 52.3 Å². The SMILES string of the molecule is CC(C)N(C(=O)CN1C(=O)N[C@@](C)(c2ccccc2Br)C1=O)c1ccccc1. The number of nitrogens with one attached hydrogen (secondary N) is 1. The van der Waals surface area contributed by atoms with Gasteiger partial charge in [0.05, 0.1) is 0 Å². The molecule has 0 radical (unpaired) electrons. The van der Waals surface area contributed by atoms with Gasteiger partial charge in [-0.05, 0) is 39.0 Å². The molecule has 2 aromatic carbocycles. The van der Waals surface area contributed by atoms with Crippen LogP contribution in [0.1, 0.15) is 26.3 Å². The molecular formula is C21H22BrN3O3. The Morgan fingerprint density at radius 1 is 1.11 bits per heavy atom. The number of halogens is 1. The number of benzene rings is 2. The van der Waals surface area contributed by atoms with Crippen LogP contribution in [0.25, 0.3) is 0 Å². The molecule has 0 unspecified atom stereocenters. The fraction of sp³-hybridized carbons (Fsp3) is 0.286. The van der Waals surface area contributed by atoms with Gasteiger partial charge in [-0.3, -0.25) is 14.5 Å². The summed E-state index contributed by atoms with van der Waals surface area (Å²) < 4.78 is 0.715.